The molecule has 2 aromatic carbocycles. The molecule has 0 aromatic heterocycles. The third-order valence-electron chi connectivity index (χ3n) is 3.89. The van der Waals surface area contributed by atoms with Crippen molar-refractivity contribution in [3.8, 4) is 5.75 Å². The van der Waals surface area contributed by atoms with E-state index in [1.165, 1.54) is 0 Å². The van der Waals surface area contributed by atoms with Gasteiger partial charge in [-0.15, -0.1) is 0 Å². The summed E-state index contributed by atoms with van der Waals surface area (Å²) in [5, 5.41) is 5.16. The van der Waals surface area contributed by atoms with Crippen LogP contribution in [0, 0.1) is 5.92 Å². The molecular weight excluding hydrogens is 404 g/mol. The normalized spacial score (nSPS) is 10.1. The van der Waals surface area contributed by atoms with Crippen LogP contribution in [0.3, 0.4) is 0 Å². The van der Waals surface area contributed by atoms with E-state index in [0.29, 0.717) is 29.2 Å². The van der Waals surface area contributed by atoms with Gasteiger partial charge in [-0.25, -0.2) is 0 Å². The summed E-state index contributed by atoms with van der Waals surface area (Å²) in [5.41, 5.74) is 6.16. The topological polar surface area (TPSA) is 109 Å². The zero-order chi connectivity index (χ0) is 22.1. The number of benzene rings is 2. The van der Waals surface area contributed by atoms with E-state index >= 15 is 0 Å². The molecule has 0 aliphatic heterocycles. The maximum atomic E-state index is 12.4. The molecule has 4 N–H and O–H groups in total. The SMILES string of the molecule is CCOc1ccccc1C(=O)NC(=S)NNC(=O)c1ccc(NC(=O)C(C)C)cc1. The lowest BCUT2D eigenvalue weighted by molar-refractivity contribution is -0.118. The largest absolute Gasteiger partial charge is 0.493 e. The smallest absolute Gasteiger partial charge is 0.269 e. The first-order valence-corrected chi connectivity index (χ1v) is 9.77. The molecule has 9 heteroatoms. The molecule has 0 spiro atoms. The molecule has 0 radical (unpaired) electrons. The van der Waals surface area contributed by atoms with Crippen LogP contribution in [0.15, 0.2) is 48.5 Å². The van der Waals surface area contributed by atoms with Gasteiger partial charge in [-0.1, -0.05) is 26.0 Å². The Hall–Kier alpha value is -3.46. The van der Waals surface area contributed by atoms with Crippen molar-refractivity contribution in [2.45, 2.75) is 20.8 Å². The number of anilines is 1. The van der Waals surface area contributed by atoms with Crippen LogP contribution in [0.5, 0.6) is 5.75 Å². The molecule has 158 valence electrons. The van der Waals surface area contributed by atoms with Crippen LogP contribution in [0.1, 0.15) is 41.5 Å². The fourth-order valence-electron chi connectivity index (χ4n) is 2.31. The van der Waals surface area contributed by atoms with Gasteiger partial charge in [-0.05, 0) is 55.5 Å². The van der Waals surface area contributed by atoms with Crippen molar-refractivity contribution in [3.05, 3.63) is 59.7 Å². The monoisotopic (exact) mass is 428 g/mol. The van der Waals surface area contributed by atoms with E-state index in [4.69, 9.17) is 17.0 Å². The van der Waals surface area contributed by atoms with Crippen molar-refractivity contribution < 1.29 is 19.1 Å². The van der Waals surface area contributed by atoms with Crippen LogP contribution in [0.25, 0.3) is 0 Å². The van der Waals surface area contributed by atoms with Crippen molar-refractivity contribution in [3.63, 3.8) is 0 Å². The highest BCUT2D eigenvalue weighted by molar-refractivity contribution is 7.80. The Kier molecular flexibility index (Phi) is 8.30. The second-order valence-electron chi connectivity index (χ2n) is 6.51. The number of para-hydroxylation sites is 1. The van der Waals surface area contributed by atoms with Gasteiger partial charge >= 0.3 is 0 Å². The van der Waals surface area contributed by atoms with Gasteiger partial charge in [0.2, 0.25) is 5.91 Å². The molecule has 0 unspecified atom stereocenters. The fourth-order valence-corrected chi connectivity index (χ4v) is 2.46. The average molecular weight is 429 g/mol. The number of amides is 3. The second kappa shape index (κ2) is 10.9. The first-order valence-electron chi connectivity index (χ1n) is 9.36. The average Bonchev–Trinajstić information content (AvgIpc) is 2.73. The minimum absolute atomic E-state index is 0.0690. The molecule has 0 atom stereocenters. The fraction of sp³-hybridized carbons (Fsp3) is 0.238. The summed E-state index contributed by atoms with van der Waals surface area (Å²) in [6.45, 7) is 5.82. The molecule has 0 saturated carbocycles. The molecule has 2 aromatic rings. The molecule has 3 amide bonds. The standard InChI is InChI=1S/C21H24N4O4S/c1-4-29-17-8-6-5-7-16(17)20(28)23-21(30)25-24-19(27)14-9-11-15(12-10-14)22-18(26)13(2)3/h5-13H,4H2,1-3H3,(H,22,26)(H,24,27)(H2,23,25,28,30). The van der Waals surface area contributed by atoms with Gasteiger partial charge in [0.15, 0.2) is 5.11 Å². The van der Waals surface area contributed by atoms with Crippen LogP contribution in [-0.2, 0) is 4.79 Å². The van der Waals surface area contributed by atoms with Crippen molar-refractivity contribution in [2.24, 2.45) is 5.92 Å². The number of rotatable bonds is 6. The minimum atomic E-state index is -0.462. The van der Waals surface area contributed by atoms with E-state index in [0.717, 1.165) is 0 Å². The predicted molar refractivity (Wildman–Crippen MR) is 118 cm³/mol. The predicted octanol–water partition coefficient (Wildman–Crippen LogP) is 2.63. The van der Waals surface area contributed by atoms with Gasteiger partial charge in [0.05, 0.1) is 12.2 Å². The Morgan fingerprint density at radius 3 is 2.27 bits per heavy atom. The number of carbonyl (C=O) groups excluding carboxylic acids is 3. The van der Waals surface area contributed by atoms with E-state index in [2.05, 4.69) is 21.5 Å². The number of ether oxygens (including phenoxy) is 1. The van der Waals surface area contributed by atoms with Crippen LogP contribution in [-0.4, -0.2) is 29.4 Å². The lowest BCUT2D eigenvalue weighted by atomic mass is 10.1. The van der Waals surface area contributed by atoms with Gasteiger partial charge in [-0.2, -0.15) is 0 Å². The van der Waals surface area contributed by atoms with E-state index < -0.39 is 11.8 Å². The summed E-state index contributed by atoms with van der Waals surface area (Å²) in [6, 6.07) is 13.1. The highest BCUT2D eigenvalue weighted by Crippen LogP contribution is 2.17. The summed E-state index contributed by atoms with van der Waals surface area (Å²) in [5.74, 6) is -0.733. The lowest BCUT2D eigenvalue weighted by Gasteiger charge is -2.13. The number of hydrogen-bond acceptors (Lipinski definition) is 5. The number of hydrazine groups is 1. The molecule has 0 fully saturated rings. The Labute approximate surface area is 180 Å². The van der Waals surface area contributed by atoms with E-state index in [1.54, 1.807) is 62.4 Å². The zero-order valence-electron chi connectivity index (χ0n) is 16.9. The van der Waals surface area contributed by atoms with Gasteiger partial charge in [0, 0.05) is 17.2 Å². The third-order valence-corrected chi connectivity index (χ3v) is 4.09. The van der Waals surface area contributed by atoms with Gasteiger partial charge in [0.25, 0.3) is 11.8 Å². The van der Waals surface area contributed by atoms with Crippen molar-refractivity contribution in [1.29, 1.82) is 0 Å². The van der Waals surface area contributed by atoms with Crippen LogP contribution in [0.2, 0.25) is 0 Å². The first-order chi connectivity index (χ1) is 14.3. The minimum Gasteiger partial charge on any atom is -0.493 e. The van der Waals surface area contributed by atoms with E-state index in [-0.39, 0.29) is 16.9 Å². The molecule has 0 saturated heterocycles. The van der Waals surface area contributed by atoms with Crippen molar-refractivity contribution in [2.75, 3.05) is 11.9 Å². The van der Waals surface area contributed by atoms with Crippen molar-refractivity contribution in [1.82, 2.24) is 16.2 Å². The lowest BCUT2D eigenvalue weighted by Crippen LogP contribution is -2.48. The molecule has 30 heavy (non-hydrogen) atoms. The Balaban J connectivity index is 1.88. The number of hydrogen-bond donors (Lipinski definition) is 4. The van der Waals surface area contributed by atoms with Crippen LogP contribution >= 0.6 is 12.2 Å². The Morgan fingerprint density at radius 2 is 1.63 bits per heavy atom. The quantitative estimate of drug-likeness (QED) is 0.416. The van der Waals surface area contributed by atoms with Crippen LogP contribution < -0.4 is 26.2 Å². The van der Waals surface area contributed by atoms with Gasteiger partial charge in [0.1, 0.15) is 5.75 Å². The van der Waals surface area contributed by atoms with Gasteiger partial charge in [-0.3, -0.25) is 30.6 Å². The van der Waals surface area contributed by atoms with Crippen LogP contribution in [0.4, 0.5) is 5.69 Å². The van der Waals surface area contributed by atoms with E-state index in [1.807, 2.05) is 6.92 Å². The highest BCUT2D eigenvalue weighted by Gasteiger charge is 2.14. The third kappa shape index (κ3) is 6.56. The maximum Gasteiger partial charge on any atom is 0.269 e. The Morgan fingerprint density at radius 1 is 0.967 bits per heavy atom. The zero-order valence-corrected chi connectivity index (χ0v) is 17.8. The maximum absolute atomic E-state index is 12.4. The molecule has 2 rings (SSSR count). The molecule has 0 heterocycles. The van der Waals surface area contributed by atoms with Crippen molar-refractivity contribution >= 4 is 40.7 Å². The molecule has 0 aliphatic rings. The number of carbonyl (C=O) groups is 3. The number of nitrogens with one attached hydrogen (secondary N) is 4. The van der Waals surface area contributed by atoms with E-state index in [9.17, 15) is 14.4 Å². The molecule has 0 aliphatic carbocycles. The first kappa shape index (κ1) is 22.8. The van der Waals surface area contributed by atoms with Gasteiger partial charge < -0.3 is 10.1 Å². The molecular formula is C21H24N4O4S. The summed E-state index contributed by atoms with van der Waals surface area (Å²) < 4.78 is 5.42. The number of thiocarbonyl (C=S) groups is 1. The second-order valence-corrected chi connectivity index (χ2v) is 6.92. The highest BCUT2D eigenvalue weighted by atomic mass is 32.1. The molecule has 0 bridgehead atoms. The summed E-state index contributed by atoms with van der Waals surface area (Å²) in [7, 11) is 0. The summed E-state index contributed by atoms with van der Waals surface area (Å²) in [4.78, 5) is 36.3. The summed E-state index contributed by atoms with van der Waals surface area (Å²) >= 11 is 5.05. The Bertz CT molecular complexity index is 929. The summed E-state index contributed by atoms with van der Waals surface area (Å²) in [6.07, 6.45) is 0. The molecule has 8 nitrogen and oxygen atoms in total.